The molecule has 1 rings (SSSR count). The van der Waals surface area contributed by atoms with E-state index in [-0.39, 0.29) is 0 Å². The van der Waals surface area contributed by atoms with Crippen LogP contribution in [0, 0.1) is 11.8 Å². The lowest BCUT2D eigenvalue weighted by molar-refractivity contribution is 0.131. The van der Waals surface area contributed by atoms with Crippen LogP contribution < -0.4 is 0 Å². The quantitative estimate of drug-likeness (QED) is 0.658. The second kappa shape index (κ2) is 4.73. The fourth-order valence-electron chi connectivity index (χ4n) is 1.65. The first-order valence-corrected chi connectivity index (χ1v) is 4.53. The van der Waals surface area contributed by atoms with Gasteiger partial charge in [0.2, 0.25) is 0 Å². The SMILES string of the molecule is C[C@H](CO)C1CCCOCC1. The van der Waals surface area contributed by atoms with Crippen molar-refractivity contribution >= 4 is 0 Å². The Kier molecular flexibility index (Phi) is 3.87. The van der Waals surface area contributed by atoms with E-state index in [9.17, 15) is 0 Å². The third-order valence-corrected chi connectivity index (χ3v) is 2.59. The molecule has 66 valence electrons. The number of aliphatic hydroxyl groups is 1. The van der Waals surface area contributed by atoms with E-state index in [2.05, 4.69) is 6.92 Å². The minimum Gasteiger partial charge on any atom is -0.396 e. The van der Waals surface area contributed by atoms with Crippen LogP contribution in [0.1, 0.15) is 26.2 Å². The molecule has 0 spiro atoms. The summed E-state index contributed by atoms with van der Waals surface area (Å²) in [5.41, 5.74) is 0. The van der Waals surface area contributed by atoms with Crippen molar-refractivity contribution in [2.75, 3.05) is 19.8 Å². The standard InChI is InChI=1S/C9H18O2/c1-8(7-10)9-3-2-5-11-6-4-9/h8-10H,2-7H2,1H3/t8-,9?/m1/s1. The van der Waals surface area contributed by atoms with Crippen LogP contribution in [0.2, 0.25) is 0 Å². The van der Waals surface area contributed by atoms with E-state index in [1.807, 2.05) is 0 Å². The summed E-state index contributed by atoms with van der Waals surface area (Å²) >= 11 is 0. The smallest absolute Gasteiger partial charge is 0.0468 e. The summed E-state index contributed by atoms with van der Waals surface area (Å²) in [6.45, 7) is 4.24. The van der Waals surface area contributed by atoms with Crippen molar-refractivity contribution < 1.29 is 9.84 Å². The van der Waals surface area contributed by atoms with E-state index in [0.717, 1.165) is 26.1 Å². The molecule has 1 heterocycles. The Bertz CT molecular complexity index is 95.7. The van der Waals surface area contributed by atoms with Crippen molar-refractivity contribution in [3.63, 3.8) is 0 Å². The fraction of sp³-hybridized carbons (Fsp3) is 1.00. The van der Waals surface area contributed by atoms with Crippen molar-refractivity contribution in [3.05, 3.63) is 0 Å². The van der Waals surface area contributed by atoms with Gasteiger partial charge in [0.15, 0.2) is 0 Å². The van der Waals surface area contributed by atoms with Crippen molar-refractivity contribution in [3.8, 4) is 0 Å². The van der Waals surface area contributed by atoms with Crippen molar-refractivity contribution in [1.29, 1.82) is 0 Å². The van der Waals surface area contributed by atoms with Gasteiger partial charge in [-0.1, -0.05) is 6.92 Å². The summed E-state index contributed by atoms with van der Waals surface area (Å²) < 4.78 is 5.34. The molecule has 1 aliphatic rings. The first-order chi connectivity index (χ1) is 5.34. The van der Waals surface area contributed by atoms with Crippen molar-refractivity contribution in [1.82, 2.24) is 0 Å². The second-order valence-corrected chi connectivity index (χ2v) is 3.46. The third-order valence-electron chi connectivity index (χ3n) is 2.59. The van der Waals surface area contributed by atoms with Gasteiger partial charge in [-0.3, -0.25) is 0 Å². The maximum absolute atomic E-state index is 8.94. The maximum atomic E-state index is 8.94. The van der Waals surface area contributed by atoms with Crippen LogP contribution in [-0.2, 0) is 4.74 Å². The molecular weight excluding hydrogens is 140 g/mol. The molecule has 0 radical (unpaired) electrons. The molecule has 1 aliphatic heterocycles. The molecule has 0 aliphatic carbocycles. The van der Waals surface area contributed by atoms with E-state index in [4.69, 9.17) is 9.84 Å². The third kappa shape index (κ3) is 2.80. The van der Waals surface area contributed by atoms with Gasteiger partial charge in [-0.05, 0) is 31.1 Å². The lowest BCUT2D eigenvalue weighted by atomic mass is 9.88. The lowest BCUT2D eigenvalue weighted by Gasteiger charge is -2.18. The summed E-state index contributed by atoms with van der Waals surface area (Å²) in [4.78, 5) is 0. The highest BCUT2D eigenvalue weighted by Crippen LogP contribution is 2.23. The summed E-state index contributed by atoms with van der Waals surface area (Å²) in [7, 11) is 0. The van der Waals surface area contributed by atoms with Gasteiger partial charge >= 0.3 is 0 Å². The Balaban J connectivity index is 2.30. The van der Waals surface area contributed by atoms with Gasteiger partial charge in [0.05, 0.1) is 0 Å². The largest absolute Gasteiger partial charge is 0.396 e. The summed E-state index contributed by atoms with van der Waals surface area (Å²) in [5, 5.41) is 8.94. The molecule has 1 unspecified atom stereocenters. The molecule has 0 saturated carbocycles. The zero-order chi connectivity index (χ0) is 8.10. The number of rotatable bonds is 2. The fourth-order valence-corrected chi connectivity index (χ4v) is 1.65. The van der Waals surface area contributed by atoms with Crippen molar-refractivity contribution in [2.45, 2.75) is 26.2 Å². The van der Waals surface area contributed by atoms with Gasteiger partial charge in [-0.25, -0.2) is 0 Å². The van der Waals surface area contributed by atoms with Crippen LogP contribution in [0.5, 0.6) is 0 Å². The highest BCUT2D eigenvalue weighted by atomic mass is 16.5. The molecule has 11 heavy (non-hydrogen) atoms. The first kappa shape index (κ1) is 9.01. The Morgan fingerprint density at radius 1 is 1.45 bits per heavy atom. The van der Waals surface area contributed by atoms with E-state index in [1.54, 1.807) is 0 Å². The van der Waals surface area contributed by atoms with E-state index >= 15 is 0 Å². The number of aliphatic hydroxyl groups excluding tert-OH is 1. The summed E-state index contributed by atoms with van der Waals surface area (Å²) in [5.74, 6) is 1.14. The summed E-state index contributed by atoms with van der Waals surface area (Å²) in [6, 6.07) is 0. The van der Waals surface area contributed by atoms with Gasteiger partial charge in [-0.15, -0.1) is 0 Å². The molecule has 1 N–H and O–H groups in total. The second-order valence-electron chi connectivity index (χ2n) is 3.46. The number of hydrogen-bond acceptors (Lipinski definition) is 2. The van der Waals surface area contributed by atoms with E-state index in [0.29, 0.717) is 18.4 Å². The maximum Gasteiger partial charge on any atom is 0.0468 e. The number of ether oxygens (including phenoxy) is 1. The Morgan fingerprint density at radius 2 is 2.27 bits per heavy atom. The Hall–Kier alpha value is -0.0800. The zero-order valence-electron chi connectivity index (χ0n) is 7.25. The Morgan fingerprint density at radius 3 is 3.00 bits per heavy atom. The zero-order valence-corrected chi connectivity index (χ0v) is 7.25. The summed E-state index contributed by atoms with van der Waals surface area (Å²) in [6.07, 6.45) is 3.51. The molecule has 0 amide bonds. The van der Waals surface area contributed by atoms with Crippen LogP contribution in [0.25, 0.3) is 0 Å². The van der Waals surface area contributed by atoms with Crippen LogP contribution in [0.3, 0.4) is 0 Å². The van der Waals surface area contributed by atoms with Gasteiger partial charge in [0.1, 0.15) is 0 Å². The molecule has 0 aromatic carbocycles. The molecule has 0 aromatic heterocycles. The average Bonchev–Trinajstić information content (AvgIpc) is 2.30. The minimum atomic E-state index is 0.324. The molecular formula is C9H18O2. The van der Waals surface area contributed by atoms with Gasteiger partial charge < -0.3 is 9.84 Å². The monoisotopic (exact) mass is 158 g/mol. The van der Waals surface area contributed by atoms with Crippen molar-refractivity contribution in [2.24, 2.45) is 11.8 Å². The van der Waals surface area contributed by atoms with Gasteiger partial charge in [-0.2, -0.15) is 0 Å². The normalized spacial score (nSPS) is 29.5. The Labute approximate surface area is 68.6 Å². The minimum absolute atomic E-state index is 0.324. The van der Waals surface area contributed by atoms with Crippen LogP contribution in [0.4, 0.5) is 0 Å². The molecule has 2 atom stereocenters. The molecule has 2 nitrogen and oxygen atoms in total. The van der Waals surface area contributed by atoms with Crippen LogP contribution in [-0.4, -0.2) is 24.9 Å². The molecule has 2 heteroatoms. The molecule has 0 aromatic rings. The average molecular weight is 158 g/mol. The highest BCUT2D eigenvalue weighted by molar-refractivity contribution is 4.67. The van der Waals surface area contributed by atoms with E-state index in [1.165, 1.54) is 6.42 Å². The molecule has 1 fully saturated rings. The van der Waals surface area contributed by atoms with Crippen LogP contribution >= 0.6 is 0 Å². The lowest BCUT2D eigenvalue weighted by Crippen LogP contribution is -2.15. The molecule has 1 saturated heterocycles. The molecule has 0 bridgehead atoms. The predicted octanol–water partition coefficient (Wildman–Crippen LogP) is 1.43. The topological polar surface area (TPSA) is 29.5 Å². The van der Waals surface area contributed by atoms with Gasteiger partial charge in [0.25, 0.3) is 0 Å². The number of hydrogen-bond donors (Lipinski definition) is 1. The van der Waals surface area contributed by atoms with Crippen LogP contribution in [0.15, 0.2) is 0 Å². The van der Waals surface area contributed by atoms with Gasteiger partial charge in [0, 0.05) is 19.8 Å². The first-order valence-electron chi connectivity index (χ1n) is 4.53. The van der Waals surface area contributed by atoms with E-state index < -0.39 is 0 Å². The highest BCUT2D eigenvalue weighted by Gasteiger charge is 2.17. The predicted molar refractivity (Wildman–Crippen MR) is 44.4 cm³/mol.